The van der Waals surface area contributed by atoms with E-state index < -0.39 is 11.7 Å². The summed E-state index contributed by atoms with van der Waals surface area (Å²) in [5, 5.41) is 9.53. The number of fused-ring (bicyclic) bond motifs is 1. The van der Waals surface area contributed by atoms with Crippen molar-refractivity contribution in [1.29, 1.82) is 0 Å². The molecule has 2 heterocycles. The molecule has 0 aliphatic carbocycles. The van der Waals surface area contributed by atoms with Gasteiger partial charge in [0, 0.05) is 25.8 Å². The van der Waals surface area contributed by atoms with Gasteiger partial charge in [-0.3, -0.25) is 9.59 Å². The molecule has 1 atom stereocenters. The summed E-state index contributed by atoms with van der Waals surface area (Å²) in [6.45, 7) is 1.40. The molecule has 5 nitrogen and oxygen atoms in total. The second-order valence-electron chi connectivity index (χ2n) is 4.78. The maximum atomic E-state index is 11.6. The maximum absolute atomic E-state index is 11.6. The Morgan fingerprint density at radius 1 is 1.33 bits per heavy atom. The number of hydrogen-bond acceptors (Lipinski definition) is 4. The van der Waals surface area contributed by atoms with Gasteiger partial charge in [-0.25, -0.2) is 0 Å². The van der Waals surface area contributed by atoms with Crippen molar-refractivity contribution >= 4 is 23.1 Å². The van der Waals surface area contributed by atoms with E-state index in [0.29, 0.717) is 17.8 Å². The van der Waals surface area contributed by atoms with Gasteiger partial charge in [-0.15, -0.1) is 0 Å². The number of anilines is 2. The Bertz CT molecular complexity index is 541. The molecule has 0 bridgehead atoms. The van der Waals surface area contributed by atoms with Crippen molar-refractivity contribution in [3.8, 4) is 0 Å². The highest BCUT2D eigenvalue weighted by atomic mass is 16.3. The van der Waals surface area contributed by atoms with Crippen molar-refractivity contribution in [1.82, 2.24) is 0 Å². The number of nitrogens with zero attached hydrogens (tertiary/aromatic N) is 2. The van der Waals surface area contributed by atoms with Gasteiger partial charge in [-0.1, -0.05) is 0 Å². The van der Waals surface area contributed by atoms with Crippen molar-refractivity contribution in [2.75, 3.05) is 29.9 Å². The zero-order chi connectivity index (χ0) is 12.9. The third-order valence-corrected chi connectivity index (χ3v) is 3.61. The zero-order valence-electron chi connectivity index (χ0n) is 10.1. The molecule has 2 aliphatic heterocycles. The lowest BCUT2D eigenvalue weighted by Crippen LogP contribution is -2.25. The topological polar surface area (TPSA) is 60.9 Å². The van der Waals surface area contributed by atoms with E-state index in [-0.39, 0.29) is 6.10 Å². The highest BCUT2D eigenvalue weighted by Crippen LogP contribution is 2.32. The Balaban J connectivity index is 1.98. The Kier molecular flexibility index (Phi) is 2.38. The van der Waals surface area contributed by atoms with E-state index in [0.717, 1.165) is 18.7 Å². The lowest BCUT2D eigenvalue weighted by atomic mass is 10.1. The minimum atomic E-state index is -0.483. The van der Waals surface area contributed by atoms with Crippen LogP contribution in [0.25, 0.3) is 0 Å². The molecule has 1 unspecified atom stereocenters. The van der Waals surface area contributed by atoms with Gasteiger partial charge >= 0.3 is 0 Å². The molecule has 0 saturated carbocycles. The van der Waals surface area contributed by atoms with Crippen LogP contribution in [0.3, 0.4) is 0 Å². The molecule has 0 spiro atoms. The molecule has 0 aromatic heterocycles. The van der Waals surface area contributed by atoms with E-state index in [2.05, 4.69) is 4.90 Å². The molecule has 94 valence electrons. The summed E-state index contributed by atoms with van der Waals surface area (Å²) < 4.78 is 0. The van der Waals surface area contributed by atoms with Crippen LogP contribution in [0.4, 0.5) is 11.4 Å². The number of hydrogen-bond donors (Lipinski definition) is 1. The average Bonchev–Trinajstić information content (AvgIpc) is 2.89. The van der Waals surface area contributed by atoms with Crippen molar-refractivity contribution in [3.63, 3.8) is 0 Å². The number of aliphatic hydroxyl groups excluding tert-OH is 1. The van der Waals surface area contributed by atoms with Crippen molar-refractivity contribution in [2.24, 2.45) is 0 Å². The van der Waals surface area contributed by atoms with E-state index in [4.69, 9.17) is 0 Å². The fourth-order valence-electron chi connectivity index (χ4n) is 2.54. The van der Waals surface area contributed by atoms with Crippen LogP contribution >= 0.6 is 0 Å². The Morgan fingerprint density at radius 2 is 2.11 bits per heavy atom. The third kappa shape index (κ3) is 1.51. The summed E-state index contributed by atoms with van der Waals surface area (Å²) >= 11 is 0. The molecule has 1 aromatic rings. The molecule has 3 rings (SSSR count). The third-order valence-electron chi connectivity index (χ3n) is 3.61. The number of benzene rings is 1. The van der Waals surface area contributed by atoms with E-state index in [9.17, 15) is 14.7 Å². The molecule has 1 aromatic carbocycles. The highest BCUT2D eigenvalue weighted by molar-refractivity contribution is 6.52. The van der Waals surface area contributed by atoms with Crippen LogP contribution < -0.4 is 9.80 Å². The number of ketones is 1. The van der Waals surface area contributed by atoms with Crippen LogP contribution in [-0.4, -0.2) is 43.0 Å². The highest BCUT2D eigenvalue weighted by Gasteiger charge is 2.34. The quantitative estimate of drug-likeness (QED) is 0.729. The number of likely N-dealkylation sites (N-methyl/N-ethyl adjacent to an activating group) is 1. The SMILES string of the molecule is CN1C(=O)C(=O)c2ccc(N3CCC(O)C3)cc21. The lowest BCUT2D eigenvalue weighted by molar-refractivity contribution is -0.114. The van der Waals surface area contributed by atoms with Gasteiger partial charge in [0.25, 0.3) is 11.7 Å². The predicted molar refractivity (Wildman–Crippen MR) is 67.0 cm³/mol. The van der Waals surface area contributed by atoms with E-state index in [1.165, 1.54) is 4.90 Å². The Morgan fingerprint density at radius 3 is 2.78 bits per heavy atom. The molecular formula is C13H14N2O3. The second kappa shape index (κ2) is 3.81. The van der Waals surface area contributed by atoms with Gasteiger partial charge in [0.1, 0.15) is 0 Å². The molecule has 0 radical (unpaired) electrons. The van der Waals surface area contributed by atoms with Crippen LogP contribution in [0.2, 0.25) is 0 Å². The number of amides is 1. The fourth-order valence-corrected chi connectivity index (χ4v) is 2.54. The minimum Gasteiger partial charge on any atom is -0.391 e. The predicted octanol–water partition coefficient (Wildman–Crippen LogP) is 0.417. The van der Waals surface area contributed by atoms with Crippen molar-refractivity contribution < 1.29 is 14.7 Å². The van der Waals surface area contributed by atoms with E-state index >= 15 is 0 Å². The van der Waals surface area contributed by atoms with Gasteiger partial charge in [-0.2, -0.15) is 0 Å². The lowest BCUT2D eigenvalue weighted by Gasteiger charge is -2.19. The number of rotatable bonds is 1. The van der Waals surface area contributed by atoms with Gasteiger partial charge in [0.2, 0.25) is 0 Å². The molecule has 1 N–H and O–H groups in total. The van der Waals surface area contributed by atoms with E-state index in [1.54, 1.807) is 13.1 Å². The molecule has 18 heavy (non-hydrogen) atoms. The monoisotopic (exact) mass is 246 g/mol. The summed E-state index contributed by atoms with van der Waals surface area (Å²) in [6, 6.07) is 5.37. The van der Waals surface area contributed by atoms with E-state index in [1.807, 2.05) is 12.1 Å². The zero-order valence-corrected chi connectivity index (χ0v) is 10.1. The first-order valence-electron chi connectivity index (χ1n) is 5.97. The van der Waals surface area contributed by atoms with Crippen molar-refractivity contribution in [3.05, 3.63) is 23.8 Å². The molecule has 1 fully saturated rings. The van der Waals surface area contributed by atoms with Crippen LogP contribution in [-0.2, 0) is 4.79 Å². The van der Waals surface area contributed by atoms with Crippen LogP contribution in [0, 0.1) is 0 Å². The van der Waals surface area contributed by atoms with Crippen LogP contribution in [0.1, 0.15) is 16.8 Å². The summed E-state index contributed by atoms with van der Waals surface area (Å²) in [5.74, 6) is -0.927. The standard InChI is InChI=1S/C13H14N2O3/c1-14-11-6-8(15-5-4-9(16)7-15)2-3-10(11)12(17)13(14)18/h2-3,6,9,16H,4-5,7H2,1H3. The van der Waals surface area contributed by atoms with Gasteiger partial charge in [-0.05, 0) is 24.6 Å². The van der Waals surface area contributed by atoms with Gasteiger partial charge < -0.3 is 14.9 Å². The Labute approximate surface area is 105 Å². The molecule has 2 aliphatic rings. The molecule has 5 heteroatoms. The summed E-state index contributed by atoms with van der Waals surface area (Å²) in [7, 11) is 1.61. The summed E-state index contributed by atoms with van der Waals surface area (Å²) in [5.41, 5.74) is 2.06. The Hall–Kier alpha value is -1.88. The number of carbonyl (C=O) groups excluding carboxylic acids is 2. The van der Waals surface area contributed by atoms with Gasteiger partial charge in [0.15, 0.2) is 0 Å². The molecular weight excluding hydrogens is 232 g/mol. The normalized spacial score (nSPS) is 22.9. The number of aliphatic hydroxyl groups is 1. The number of Topliss-reactive ketones (excluding diaryl/α,β-unsaturated/α-hetero) is 1. The number of β-amino-alcohol motifs (C(OH)–C–C–N with tert-alkyl or cyclic N) is 1. The minimum absolute atomic E-state index is 0.292. The molecule has 1 amide bonds. The van der Waals surface area contributed by atoms with Crippen LogP contribution in [0.15, 0.2) is 18.2 Å². The van der Waals surface area contributed by atoms with Crippen molar-refractivity contribution in [2.45, 2.75) is 12.5 Å². The first-order valence-corrected chi connectivity index (χ1v) is 5.97. The summed E-state index contributed by atoms with van der Waals surface area (Å²) in [4.78, 5) is 26.7. The second-order valence-corrected chi connectivity index (χ2v) is 4.78. The summed E-state index contributed by atoms with van der Waals surface area (Å²) in [6.07, 6.45) is 0.462. The van der Waals surface area contributed by atoms with Gasteiger partial charge in [0.05, 0.1) is 17.4 Å². The smallest absolute Gasteiger partial charge is 0.299 e. The number of carbonyl (C=O) groups is 2. The average molecular weight is 246 g/mol. The molecule has 1 saturated heterocycles. The largest absolute Gasteiger partial charge is 0.391 e. The van der Waals surface area contributed by atoms with Crippen LogP contribution in [0.5, 0.6) is 0 Å². The maximum Gasteiger partial charge on any atom is 0.299 e. The first-order chi connectivity index (χ1) is 8.58. The fraction of sp³-hybridized carbons (Fsp3) is 0.385. The first kappa shape index (κ1) is 11.2.